The molecule has 4 heteroatoms. The lowest BCUT2D eigenvalue weighted by Crippen LogP contribution is -2.52. The molecule has 2 aromatic rings. The Hall–Kier alpha value is -1.88. The van der Waals surface area contributed by atoms with Gasteiger partial charge >= 0.3 is 0 Å². The minimum absolute atomic E-state index is 0.764. The molecule has 0 unspecified atom stereocenters. The molecule has 28 heavy (non-hydrogen) atoms. The summed E-state index contributed by atoms with van der Waals surface area (Å²) in [5.41, 5.74) is 2.79. The quantitative estimate of drug-likeness (QED) is 0.765. The zero-order valence-corrected chi connectivity index (χ0v) is 17.1. The van der Waals surface area contributed by atoms with Gasteiger partial charge in [-0.15, -0.1) is 0 Å². The summed E-state index contributed by atoms with van der Waals surface area (Å²) in [6.45, 7) is 9.35. The van der Waals surface area contributed by atoms with E-state index in [-0.39, 0.29) is 0 Å². The average molecular weight is 380 g/mol. The maximum Gasteiger partial charge on any atom is 0.119 e. The predicted octanol–water partition coefficient (Wildman–Crippen LogP) is 3.48. The van der Waals surface area contributed by atoms with E-state index in [2.05, 4.69) is 63.2 Å². The highest BCUT2D eigenvalue weighted by Gasteiger charge is 2.27. The van der Waals surface area contributed by atoms with Crippen LogP contribution in [0.2, 0.25) is 0 Å². The number of likely N-dealkylation sites (tertiary alicyclic amines) is 1. The van der Waals surface area contributed by atoms with Crippen LogP contribution in [0.1, 0.15) is 24.0 Å². The number of benzene rings is 2. The van der Waals surface area contributed by atoms with Crippen LogP contribution in [0.25, 0.3) is 0 Å². The van der Waals surface area contributed by atoms with E-state index < -0.39 is 0 Å². The number of piperidine rings is 1. The summed E-state index contributed by atoms with van der Waals surface area (Å²) in [7, 11) is 1.74. The van der Waals surface area contributed by atoms with Gasteiger partial charge in [0.2, 0.25) is 0 Å². The Morgan fingerprint density at radius 3 is 2.11 bits per heavy atom. The third-order valence-electron chi connectivity index (χ3n) is 6.27. The SMILES string of the molecule is COc1cccc(CN2CCC(N3CCN(Cc4ccccc4)CC3)CC2)c1. The smallest absolute Gasteiger partial charge is 0.119 e. The van der Waals surface area contributed by atoms with Gasteiger partial charge in [0, 0.05) is 45.3 Å². The molecular formula is C24H33N3O. The largest absolute Gasteiger partial charge is 0.497 e. The Kier molecular flexibility index (Phi) is 6.63. The van der Waals surface area contributed by atoms with E-state index in [1.54, 1.807) is 7.11 Å². The first kappa shape index (κ1) is 19.4. The Labute approximate surface area is 169 Å². The minimum atomic E-state index is 0.764. The third-order valence-corrected chi connectivity index (χ3v) is 6.27. The third kappa shape index (κ3) is 5.13. The summed E-state index contributed by atoms with van der Waals surface area (Å²) >= 11 is 0. The van der Waals surface area contributed by atoms with Crippen molar-refractivity contribution >= 4 is 0 Å². The van der Waals surface area contributed by atoms with Crippen molar-refractivity contribution in [3.8, 4) is 5.75 Å². The number of piperazine rings is 1. The molecule has 2 fully saturated rings. The molecule has 0 bridgehead atoms. The molecular weight excluding hydrogens is 346 g/mol. The molecule has 0 spiro atoms. The zero-order chi connectivity index (χ0) is 19.2. The fourth-order valence-corrected chi connectivity index (χ4v) is 4.60. The first-order valence-corrected chi connectivity index (χ1v) is 10.7. The zero-order valence-electron chi connectivity index (χ0n) is 17.1. The second kappa shape index (κ2) is 9.55. The van der Waals surface area contributed by atoms with Crippen LogP contribution < -0.4 is 4.74 Å². The lowest BCUT2D eigenvalue weighted by molar-refractivity contribution is 0.0550. The summed E-state index contributed by atoms with van der Waals surface area (Å²) in [5, 5.41) is 0. The van der Waals surface area contributed by atoms with E-state index in [1.165, 1.54) is 63.2 Å². The number of hydrogen-bond donors (Lipinski definition) is 0. The molecule has 2 saturated heterocycles. The standard InChI is InChI=1S/C24H33N3O/c1-28-24-9-5-8-22(18-24)20-25-12-10-23(11-13-25)27-16-14-26(15-17-27)19-21-6-3-2-4-7-21/h2-9,18,23H,10-17,19-20H2,1H3. The van der Waals surface area contributed by atoms with E-state index in [1.807, 2.05) is 6.07 Å². The maximum atomic E-state index is 5.36. The molecule has 0 amide bonds. The van der Waals surface area contributed by atoms with Gasteiger partial charge in [0.25, 0.3) is 0 Å². The Morgan fingerprint density at radius 1 is 0.750 bits per heavy atom. The van der Waals surface area contributed by atoms with Crippen LogP contribution in [0, 0.1) is 0 Å². The average Bonchev–Trinajstić information content (AvgIpc) is 2.76. The van der Waals surface area contributed by atoms with Crippen molar-refractivity contribution in [2.75, 3.05) is 46.4 Å². The number of nitrogens with zero attached hydrogens (tertiary/aromatic N) is 3. The van der Waals surface area contributed by atoms with E-state index in [0.717, 1.165) is 24.9 Å². The van der Waals surface area contributed by atoms with Gasteiger partial charge in [-0.2, -0.15) is 0 Å². The van der Waals surface area contributed by atoms with Gasteiger partial charge in [-0.1, -0.05) is 42.5 Å². The van der Waals surface area contributed by atoms with Gasteiger partial charge < -0.3 is 4.74 Å². The summed E-state index contributed by atoms with van der Waals surface area (Å²) in [6.07, 6.45) is 2.59. The minimum Gasteiger partial charge on any atom is -0.497 e. The first-order valence-electron chi connectivity index (χ1n) is 10.7. The Bertz CT molecular complexity index is 720. The van der Waals surface area contributed by atoms with E-state index in [4.69, 9.17) is 4.74 Å². The summed E-state index contributed by atoms with van der Waals surface area (Å²) in [5.74, 6) is 0.959. The molecule has 150 valence electrons. The van der Waals surface area contributed by atoms with E-state index in [9.17, 15) is 0 Å². The van der Waals surface area contributed by atoms with Gasteiger partial charge in [-0.3, -0.25) is 14.7 Å². The van der Waals surface area contributed by atoms with Gasteiger partial charge in [-0.05, 0) is 49.2 Å². The van der Waals surface area contributed by atoms with Crippen LogP contribution in [-0.4, -0.2) is 67.1 Å². The van der Waals surface area contributed by atoms with Crippen LogP contribution in [0.5, 0.6) is 5.75 Å². The van der Waals surface area contributed by atoms with E-state index >= 15 is 0 Å². The van der Waals surface area contributed by atoms with Crippen molar-refractivity contribution in [2.45, 2.75) is 32.0 Å². The highest BCUT2D eigenvalue weighted by atomic mass is 16.5. The van der Waals surface area contributed by atoms with Crippen molar-refractivity contribution < 1.29 is 4.74 Å². The molecule has 2 aliphatic heterocycles. The van der Waals surface area contributed by atoms with Crippen LogP contribution in [0.15, 0.2) is 54.6 Å². The molecule has 0 saturated carbocycles. The van der Waals surface area contributed by atoms with E-state index in [0.29, 0.717) is 0 Å². The summed E-state index contributed by atoms with van der Waals surface area (Å²) in [6, 6.07) is 20.1. The second-order valence-electron chi connectivity index (χ2n) is 8.16. The molecule has 0 aliphatic carbocycles. The molecule has 0 atom stereocenters. The molecule has 0 aromatic heterocycles. The van der Waals surface area contributed by atoms with Crippen LogP contribution in [0.4, 0.5) is 0 Å². The van der Waals surface area contributed by atoms with Crippen LogP contribution in [0.3, 0.4) is 0 Å². The van der Waals surface area contributed by atoms with Crippen molar-refractivity contribution in [3.63, 3.8) is 0 Å². The summed E-state index contributed by atoms with van der Waals surface area (Å²) in [4.78, 5) is 7.94. The highest BCUT2D eigenvalue weighted by Crippen LogP contribution is 2.21. The van der Waals surface area contributed by atoms with Gasteiger partial charge in [0.1, 0.15) is 5.75 Å². The lowest BCUT2D eigenvalue weighted by atomic mass is 10.0. The fourth-order valence-electron chi connectivity index (χ4n) is 4.60. The number of hydrogen-bond acceptors (Lipinski definition) is 4. The molecule has 0 N–H and O–H groups in total. The molecule has 4 rings (SSSR count). The molecule has 4 nitrogen and oxygen atoms in total. The van der Waals surface area contributed by atoms with Gasteiger partial charge in [0.15, 0.2) is 0 Å². The fraction of sp³-hybridized carbons (Fsp3) is 0.500. The van der Waals surface area contributed by atoms with Gasteiger partial charge in [0.05, 0.1) is 7.11 Å². The molecule has 0 radical (unpaired) electrons. The molecule has 2 aromatic carbocycles. The van der Waals surface area contributed by atoms with Crippen molar-refractivity contribution in [1.82, 2.24) is 14.7 Å². The van der Waals surface area contributed by atoms with Gasteiger partial charge in [-0.25, -0.2) is 0 Å². The Morgan fingerprint density at radius 2 is 1.39 bits per heavy atom. The van der Waals surface area contributed by atoms with Crippen molar-refractivity contribution in [1.29, 1.82) is 0 Å². The van der Waals surface area contributed by atoms with Crippen molar-refractivity contribution in [3.05, 3.63) is 65.7 Å². The number of rotatable bonds is 6. The van der Waals surface area contributed by atoms with Crippen molar-refractivity contribution in [2.24, 2.45) is 0 Å². The highest BCUT2D eigenvalue weighted by molar-refractivity contribution is 5.28. The normalized spacial score (nSPS) is 20.3. The number of ether oxygens (including phenoxy) is 1. The maximum absolute atomic E-state index is 5.36. The lowest BCUT2D eigenvalue weighted by Gasteiger charge is -2.42. The second-order valence-corrected chi connectivity index (χ2v) is 8.16. The number of methoxy groups -OCH3 is 1. The van der Waals surface area contributed by atoms with Crippen LogP contribution >= 0.6 is 0 Å². The summed E-state index contributed by atoms with van der Waals surface area (Å²) < 4.78 is 5.36. The topological polar surface area (TPSA) is 19.0 Å². The Balaban J connectivity index is 1.20. The predicted molar refractivity (Wildman–Crippen MR) is 115 cm³/mol. The monoisotopic (exact) mass is 379 g/mol. The molecule has 2 aliphatic rings. The van der Waals surface area contributed by atoms with Crippen LogP contribution in [-0.2, 0) is 13.1 Å². The molecule has 2 heterocycles. The first-order chi connectivity index (χ1) is 13.8.